The maximum Gasteiger partial charge on any atom is 0.361 e. The molecule has 0 aromatic rings. The zero-order valence-electron chi connectivity index (χ0n) is 64.5. The molecule has 0 amide bonds. The Labute approximate surface area is 601 Å². The number of rotatable bonds is 77. The maximum atomic E-state index is 13.0. The van der Waals surface area contributed by atoms with Gasteiger partial charge in [-0.1, -0.05) is 381 Å². The third-order valence-corrected chi connectivity index (χ3v) is 18.3. The molecule has 0 aliphatic rings. The summed E-state index contributed by atoms with van der Waals surface area (Å²) >= 11 is 0. The van der Waals surface area contributed by atoms with Gasteiger partial charge in [-0.15, -0.1) is 0 Å². The topological polar surface area (TPSA) is 108 Å². The fourth-order valence-electron chi connectivity index (χ4n) is 12.1. The minimum Gasteiger partial charge on any atom is -0.477 e. The first-order valence-corrected chi connectivity index (χ1v) is 41.4. The van der Waals surface area contributed by atoms with Crippen LogP contribution < -0.4 is 0 Å². The Morgan fingerprint density at radius 3 is 0.825 bits per heavy atom. The lowest BCUT2D eigenvalue weighted by atomic mass is 10.0. The Morgan fingerprint density at radius 1 is 0.309 bits per heavy atom. The van der Waals surface area contributed by atoms with E-state index in [9.17, 15) is 19.5 Å². The number of aliphatic carboxylic acids is 1. The number of hydrogen-bond donors (Lipinski definition) is 1. The van der Waals surface area contributed by atoms with Crippen molar-refractivity contribution >= 4 is 17.9 Å². The van der Waals surface area contributed by atoms with Gasteiger partial charge in [-0.2, -0.15) is 0 Å². The van der Waals surface area contributed by atoms with Gasteiger partial charge >= 0.3 is 17.9 Å². The van der Waals surface area contributed by atoms with Crippen molar-refractivity contribution in [3.8, 4) is 0 Å². The van der Waals surface area contributed by atoms with Gasteiger partial charge in [0.05, 0.1) is 34.4 Å². The zero-order chi connectivity index (χ0) is 70.4. The van der Waals surface area contributed by atoms with E-state index in [-0.39, 0.29) is 38.2 Å². The molecule has 1 N–H and O–H groups in total. The number of carbonyl (C=O) groups excluding carboxylic acids is 2. The fraction of sp³-hybridized carbons (Fsp3) is 0.784. The average Bonchev–Trinajstić information content (AvgIpc) is 3.27. The highest BCUT2D eigenvalue weighted by atomic mass is 16.7. The normalized spacial score (nSPS) is 13.1. The van der Waals surface area contributed by atoms with Crippen LogP contribution >= 0.6 is 0 Å². The highest BCUT2D eigenvalue weighted by Gasteiger charge is 2.25. The van der Waals surface area contributed by atoms with Gasteiger partial charge in [0, 0.05) is 12.8 Å². The van der Waals surface area contributed by atoms with Crippen LogP contribution in [0.15, 0.2) is 97.2 Å². The molecule has 0 aliphatic heterocycles. The van der Waals surface area contributed by atoms with E-state index >= 15 is 0 Å². The molecule has 0 radical (unpaired) electrons. The second-order valence-electron chi connectivity index (χ2n) is 29.0. The lowest BCUT2D eigenvalue weighted by Gasteiger charge is -2.25. The van der Waals surface area contributed by atoms with Gasteiger partial charge in [0.1, 0.15) is 13.2 Å². The summed E-state index contributed by atoms with van der Waals surface area (Å²) in [4.78, 5) is 37.8. The third-order valence-electron chi connectivity index (χ3n) is 18.3. The smallest absolute Gasteiger partial charge is 0.361 e. The number of nitrogens with zero attached hydrogens (tertiary/aromatic N) is 1. The molecule has 2 atom stereocenters. The first-order chi connectivity index (χ1) is 47.6. The number of esters is 2. The number of ether oxygens (including phenoxy) is 4. The largest absolute Gasteiger partial charge is 0.477 e. The molecule has 97 heavy (non-hydrogen) atoms. The summed E-state index contributed by atoms with van der Waals surface area (Å²) in [7, 11) is 6.00. The van der Waals surface area contributed by atoms with Crippen LogP contribution in [0.2, 0.25) is 0 Å². The molecular formula is C88H158NO8+. The molecule has 0 heterocycles. The first-order valence-electron chi connectivity index (χ1n) is 41.4. The van der Waals surface area contributed by atoms with Crippen LogP contribution in [0, 0.1) is 0 Å². The van der Waals surface area contributed by atoms with E-state index in [1.165, 1.54) is 270 Å². The van der Waals surface area contributed by atoms with Gasteiger partial charge in [0.25, 0.3) is 6.29 Å². The number of quaternary nitrogens is 1. The Kier molecular flexibility index (Phi) is 74.9. The highest BCUT2D eigenvalue weighted by Crippen LogP contribution is 2.20. The number of likely N-dealkylation sites (N-methyl/N-ethyl adjacent to an activating group) is 1. The number of carboxylic acids is 1. The van der Waals surface area contributed by atoms with Crippen molar-refractivity contribution in [2.24, 2.45) is 0 Å². The number of hydrogen-bond acceptors (Lipinski definition) is 7. The molecule has 9 nitrogen and oxygen atoms in total. The van der Waals surface area contributed by atoms with Crippen molar-refractivity contribution in [1.82, 2.24) is 0 Å². The van der Waals surface area contributed by atoms with E-state index in [0.717, 1.165) is 89.9 Å². The molecule has 0 aromatic carbocycles. The summed E-state index contributed by atoms with van der Waals surface area (Å²) < 4.78 is 23.1. The van der Waals surface area contributed by atoms with Crippen molar-refractivity contribution < 1.29 is 42.9 Å². The van der Waals surface area contributed by atoms with Gasteiger partial charge in [-0.05, 0) is 89.9 Å². The predicted molar refractivity (Wildman–Crippen MR) is 419 cm³/mol. The molecule has 0 fully saturated rings. The second kappa shape index (κ2) is 77.9. The number of allylic oxidation sites excluding steroid dienone is 16. The summed E-state index contributed by atoms with van der Waals surface area (Å²) in [6.07, 6.45) is 106. The molecule has 9 heteroatoms. The summed E-state index contributed by atoms with van der Waals surface area (Å²) in [6.45, 7) is 4.71. The van der Waals surface area contributed by atoms with E-state index in [1.54, 1.807) is 0 Å². The van der Waals surface area contributed by atoms with Crippen LogP contribution in [-0.4, -0.2) is 87.4 Å². The minimum absolute atomic E-state index is 0.179. The number of carboxylic acid groups (broad SMARTS) is 1. The fourth-order valence-corrected chi connectivity index (χ4v) is 12.1. The Morgan fingerprint density at radius 2 is 0.557 bits per heavy atom. The molecule has 0 aliphatic carbocycles. The Balaban J connectivity index is 3.94. The van der Waals surface area contributed by atoms with Crippen LogP contribution in [-0.2, 0) is 33.3 Å². The van der Waals surface area contributed by atoms with Crippen LogP contribution in [0.3, 0.4) is 0 Å². The van der Waals surface area contributed by atoms with E-state index in [2.05, 4.69) is 111 Å². The van der Waals surface area contributed by atoms with E-state index in [4.69, 9.17) is 18.9 Å². The van der Waals surface area contributed by atoms with Crippen molar-refractivity contribution in [3.63, 3.8) is 0 Å². The van der Waals surface area contributed by atoms with Crippen LogP contribution in [0.5, 0.6) is 0 Å². The van der Waals surface area contributed by atoms with Gasteiger partial charge in [-0.25, -0.2) is 4.79 Å². The first kappa shape index (κ1) is 93.2. The molecule has 2 unspecified atom stereocenters. The minimum atomic E-state index is -1.51. The third kappa shape index (κ3) is 79.4. The standard InChI is InChI=1S/C88H157NO8/c1-6-8-10-12-14-16-18-20-22-24-26-28-30-32-34-36-38-39-40-41-42-43-44-45-46-47-49-51-53-55-57-59-61-63-65-67-69-71-73-75-77-79-86(91)97-84(83-96-88(87(92)93)94-81-80-89(3,4)5)82-95-85(90)78-76-74-72-70-68-66-64-62-60-58-56-54-52-50-48-37-35-33-31-29-27-25-23-21-19-17-15-13-11-9-7-2/h8-11,14-17,20-23,26-29,84,88H,6-7,12-13,18-19,24-25,30-83H2,1-5H3/p+1/b10-8-,11-9-,16-14-,17-15-,22-20-,23-21-,28-26-,29-27-. The van der Waals surface area contributed by atoms with Gasteiger partial charge in [-0.3, -0.25) is 9.59 Å². The lowest BCUT2D eigenvalue weighted by Crippen LogP contribution is -2.40. The van der Waals surface area contributed by atoms with E-state index in [1.807, 2.05) is 21.1 Å². The van der Waals surface area contributed by atoms with Crippen LogP contribution in [0.25, 0.3) is 0 Å². The molecular weight excluding hydrogens is 1200 g/mol. The van der Waals surface area contributed by atoms with Crippen molar-refractivity contribution in [2.45, 2.75) is 399 Å². The molecule has 0 aromatic heterocycles. The van der Waals surface area contributed by atoms with Crippen molar-refractivity contribution in [1.29, 1.82) is 0 Å². The summed E-state index contributed by atoms with van der Waals surface area (Å²) in [5.41, 5.74) is 0. The second-order valence-corrected chi connectivity index (χ2v) is 29.0. The van der Waals surface area contributed by atoms with Crippen molar-refractivity contribution in [3.05, 3.63) is 97.2 Å². The lowest BCUT2D eigenvalue weighted by molar-refractivity contribution is -0.870. The van der Waals surface area contributed by atoms with Gasteiger partial charge < -0.3 is 28.5 Å². The maximum absolute atomic E-state index is 13.0. The summed E-state index contributed by atoms with van der Waals surface area (Å²) in [6, 6.07) is 0. The highest BCUT2D eigenvalue weighted by molar-refractivity contribution is 5.71. The number of unbranched alkanes of at least 4 members (excludes halogenated alkanes) is 46. The monoisotopic (exact) mass is 1360 g/mol. The van der Waals surface area contributed by atoms with E-state index < -0.39 is 18.4 Å². The Hall–Kier alpha value is -3.79. The zero-order valence-corrected chi connectivity index (χ0v) is 64.5. The molecule has 0 spiro atoms. The molecule has 562 valence electrons. The quantitative estimate of drug-likeness (QED) is 0.0211. The van der Waals surface area contributed by atoms with Gasteiger partial charge in [0.15, 0.2) is 6.10 Å². The van der Waals surface area contributed by atoms with Crippen molar-refractivity contribution in [2.75, 3.05) is 47.5 Å². The molecule has 0 bridgehead atoms. The van der Waals surface area contributed by atoms with Gasteiger partial charge in [0.2, 0.25) is 0 Å². The number of carbonyl (C=O) groups is 3. The average molecular weight is 1360 g/mol. The molecule has 0 rings (SSSR count). The Bertz CT molecular complexity index is 1920. The summed E-state index contributed by atoms with van der Waals surface area (Å²) in [5, 5.41) is 9.78. The molecule has 0 saturated carbocycles. The predicted octanol–water partition coefficient (Wildman–Crippen LogP) is 26.7. The summed E-state index contributed by atoms with van der Waals surface area (Å²) in [5.74, 6) is -1.98. The SMILES string of the molecule is CC/C=C\C/C=C\C/C=C\C/C=C\CCCCCCCCCCCCCCCCCCCCCCCCCCCCCCC(=O)OC(COC(=O)CCCCCCCCCCCCCCCCCCCC/C=C\C/C=C\C/C=C\C/C=C\CC)COC(OCC[N+](C)(C)C)C(=O)O. The molecule has 0 saturated heterocycles. The van der Waals surface area contributed by atoms with Crippen LogP contribution in [0.1, 0.15) is 386 Å². The van der Waals surface area contributed by atoms with E-state index in [0.29, 0.717) is 17.4 Å². The van der Waals surface area contributed by atoms with Crippen LogP contribution in [0.4, 0.5) is 0 Å².